The summed E-state index contributed by atoms with van der Waals surface area (Å²) < 4.78 is 0. The Balaban J connectivity index is 2.04. The number of nitrogens with zero attached hydrogens (tertiary/aromatic N) is 1. The summed E-state index contributed by atoms with van der Waals surface area (Å²) in [5.74, 6) is 0. The van der Waals surface area contributed by atoms with Crippen LogP contribution in [0, 0.1) is 6.92 Å². The zero-order valence-electron chi connectivity index (χ0n) is 13.1. The number of aryl methyl sites for hydroxylation is 1. The normalized spacial score (nSPS) is 15.3. The average Bonchev–Trinajstić information content (AvgIpc) is 2.94. The molecule has 0 bridgehead atoms. The second-order valence-electron chi connectivity index (χ2n) is 6.38. The van der Waals surface area contributed by atoms with Gasteiger partial charge in [-0.2, -0.15) is 0 Å². The summed E-state index contributed by atoms with van der Waals surface area (Å²) in [6.45, 7) is 7.10. The first-order valence-corrected chi connectivity index (χ1v) is 11.5. The van der Waals surface area contributed by atoms with Crippen LogP contribution < -0.4 is 15.3 Å². The van der Waals surface area contributed by atoms with Gasteiger partial charge in [0.25, 0.3) is 0 Å². The summed E-state index contributed by atoms with van der Waals surface area (Å²) in [6.07, 6.45) is 0. The summed E-state index contributed by atoms with van der Waals surface area (Å²) in [4.78, 5) is 3.80. The number of hydrogen-bond donors (Lipinski definition) is 0. The van der Waals surface area contributed by atoms with Crippen LogP contribution in [0.2, 0.25) is 13.1 Å². The van der Waals surface area contributed by atoms with Crippen molar-refractivity contribution in [1.29, 1.82) is 0 Å². The van der Waals surface area contributed by atoms with E-state index in [9.17, 15) is 0 Å². The molecule has 2 heterocycles. The Morgan fingerprint density at radius 1 is 0.773 bits per heavy atom. The molecular weight excluding hydrogens is 302 g/mol. The van der Waals surface area contributed by atoms with Gasteiger partial charge < -0.3 is 4.90 Å². The molecule has 3 heteroatoms. The first-order valence-electron chi connectivity index (χ1n) is 7.64. The fourth-order valence-electron chi connectivity index (χ4n) is 3.45. The molecule has 0 fully saturated rings. The predicted octanol–water partition coefficient (Wildman–Crippen LogP) is 4.66. The number of thiophene rings is 1. The monoisotopic (exact) mass is 321 g/mol. The van der Waals surface area contributed by atoms with E-state index in [-0.39, 0.29) is 0 Å². The number of para-hydroxylation sites is 2. The van der Waals surface area contributed by atoms with E-state index in [2.05, 4.69) is 85.6 Å². The second kappa shape index (κ2) is 4.83. The molecule has 4 rings (SSSR count). The zero-order valence-corrected chi connectivity index (χ0v) is 14.9. The minimum Gasteiger partial charge on any atom is -0.302 e. The summed E-state index contributed by atoms with van der Waals surface area (Å²) in [7, 11) is -1.64. The standard InChI is InChI=1S/C19H19NSSi/c1-14-12-13-19(21-14)20-15-8-4-6-10-17(15)22(2,3)18-11-7-5-9-16(18)20/h4-13H,1-3H3. The van der Waals surface area contributed by atoms with E-state index in [0.29, 0.717) is 0 Å². The first-order chi connectivity index (χ1) is 10.6. The fraction of sp³-hybridized carbons (Fsp3) is 0.158. The van der Waals surface area contributed by atoms with Gasteiger partial charge in [0, 0.05) is 16.3 Å². The number of rotatable bonds is 1. The van der Waals surface area contributed by atoms with Crippen LogP contribution in [-0.4, -0.2) is 8.07 Å². The number of hydrogen-bond acceptors (Lipinski definition) is 2. The molecule has 0 spiro atoms. The van der Waals surface area contributed by atoms with E-state index in [1.807, 2.05) is 11.3 Å². The zero-order chi connectivity index (χ0) is 15.3. The lowest BCUT2D eigenvalue weighted by atomic mass is 10.2. The van der Waals surface area contributed by atoms with E-state index in [4.69, 9.17) is 0 Å². The largest absolute Gasteiger partial charge is 0.302 e. The van der Waals surface area contributed by atoms with Crippen molar-refractivity contribution in [3.63, 3.8) is 0 Å². The van der Waals surface area contributed by atoms with Gasteiger partial charge in [0.1, 0.15) is 13.1 Å². The molecule has 0 saturated carbocycles. The van der Waals surface area contributed by atoms with Crippen LogP contribution in [0.5, 0.6) is 0 Å². The van der Waals surface area contributed by atoms with Crippen molar-refractivity contribution in [1.82, 2.24) is 0 Å². The van der Waals surface area contributed by atoms with Gasteiger partial charge in [0.05, 0.1) is 0 Å². The third kappa shape index (κ3) is 1.89. The van der Waals surface area contributed by atoms with Gasteiger partial charge in [-0.1, -0.05) is 49.5 Å². The van der Waals surface area contributed by atoms with Crippen LogP contribution in [0.4, 0.5) is 16.4 Å². The molecule has 110 valence electrons. The molecule has 2 aromatic carbocycles. The van der Waals surface area contributed by atoms with Crippen LogP contribution in [0.15, 0.2) is 60.7 Å². The van der Waals surface area contributed by atoms with Crippen LogP contribution in [0.1, 0.15) is 4.88 Å². The smallest absolute Gasteiger partial charge is 0.117 e. The Bertz CT molecular complexity index is 800. The molecular formula is C19H19NSSi. The molecule has 0 unspecified atom stereocenters. The molecule has 0 saturated heterocycles. The van der Waals surface area contributed by atoms with Crippen LogP contribution in [0.25, 0.3) is 0 Å². The minimum atomic E-state index is -1.64. The average molecular weight is 322 g/mol. The maximum Gasteiger partial charge on any atom is 0.117 e. The molecule has 1 aromatic heterocycles. The highest BCUT2D eigenvalue weighted by Gasteiger charge is 2.38. The minimum absolute atomic E-state index is 1.31. The summed E-state index contributed by atoms with van der Waals surface area (Å²) in [5, 5.41) is 4.36. The Hall–Kier alpha value is -1.84. The Morgan fingerprint density at radius 3 is 1.82 bits per heavy atom. The van der Waals surface area contributed by atoms with E-state index in [0.717, 1.165) is 0 Å². The number of benzene rings is 2. The SMILES string of the molecule is Cc1ccc(N2c3ccccc3[Si](C)(C)c3ccccc32)s1. The molecule has 0 amide bonds. The lowest BCUT2D eigenvalue weighted by molar-refractivity contribution is 1.32. The molecule has 22 heavy (non-hydrogen) atoms. The van der Waals surface area contributed by atoms with Gasteiger partial charge in [0.2, 0.25) is 0 Å². The van der Waals surface area contributed by atoms with Crippen molar-refractivity contribution in [2.24, 2.45) is 0 Å². The van der Waals surface area contributed by atoms with Crippen molar-refractivity contribution in [3.05, 3.63) is 65.5 Å². The van der Waals surface area contributed by atoms with Crippen molar-refractivity contribution in [2.45, 2.75) is 20.0 Å². The van der Waals surface area contributed by atoms with Crippen LogP contribution in [-0.2, 0) is 0 Å². The molecule has 0 N–H and O–H groups in total. The predicted molar refractivity (Wildman–Crippen MR) is 100 cm³/mol. The third-order valence-electron chi connectivity index (χ3n) is 4.58. The highest BCUT2D eigenvalue weighted by molar-refractivity contribution is 7.16. The molecule has 0 aliphatic carbocycles. The maximum atomic E-state index is 2.46. The number of fused-ring (bicyclic) bond motifs is 2. The van der Waals surface area contributed by atoms with Crippen molar-refractivity contribution >= 4 is 46.2 Å². The van der Waals surface area contributed by atoms with Gasteiger partial charge in [-0.05, 0) is 41.6 Å². The Morgan fingerprint density at radius 2 is 1.32 bits per heavy atom. The van der Waals surface area contributed by atoms with Crippen molar-refractivity contribution in [3.8, 4) is 0 Å². The maximum absolute atomic E-state index is 2.46. The van der Waals surface area contributed by atoms with Crippen LogP contribution >= 0.6 is 11.3 Å². The van der Waals surface area contributed by atoms with Gasteiger partial charge in [-0.3, -0.25) is 0 Å². The number of anilines is 3. The van der Waals surface area contributed by atoms with Crippen LogP contribution in [0.3, 0.4) is 0 Å². The third-order valence-corrected chi connectivity index (χ3v) is 9.11. The lowest BCUT2D eigenvalue weighted by Crippen LogP contribution is -2.58. The van der Waals surface area contributed by atoms with Crippen molar-refractivity contribution in [2.75, 3.05) is 4.90 Å². The second-order valence-corrected chi connectivity index (χ2v) is 12.0. The molecule has 1 nitrogen and oxygen atoms in total. The molecule has 1 aliphatic heterocycles. The van der Waals surface area contributed by atoms with Gasteiger partial charge in [0.15, 0.2) is 0 Å². The fourth-order valence-corrected chi connectivity index (χ4v) is 7.33. The summed E-state index contributed by atoms with van der Waals surface area (Å²) in [5.41, 5.74) is 2.72. The van der Waals surface area contributed by atoms with E-state index >= 15 is 0 Å². The first kappa shape index (κ1) is 13.8. The van der Waals surface area contributed by atoms with E-state index < -0.39 is 8.07 Å². The molecule has 0 radical (unpaired) electrons. The highest BCUT2D eigenvalue weighted by atomic mass is 32.1. The summed E-state index contributed by atoms with van der Waals surface area (Å²) >= 11 is 1.86. The molecule has 1 aliphatic rings. The van der Waals surface area contributed by atoms with Crippen molar-refractivity contribution < 1.29 is 0 Å². The van der Waals surface area contributed by atoms with Gasteiger partial charge >= 0.3 is 0 Å². The quantitative estimate of drug-likeness (QED) is 0.589. The van der Waals surface area contributed by atoms with Gasteiger partial charge in [-0.15, -0.1) is 11.3 Å². The molecule has 0 atom stereocenters. The topological polar surface area (TPSA) is 3.24 Å². The molecule has 3 aromatic rings. The Labute approximate surface area is 136 Å². The van der Waals surface area contributed by atoms with E-state index in [1.165, 1.54) is 31.6 Å². The summed E-state index contributed by atoms with van der Waals surface area (Å²) in [6, 6.07) is 22.3. The highest BCUT2D eigenvalue weighted by Crippen LogP contribution is 2.40. The van der Waals surface area contributed by atoms with E-state index in [1.54, 1.807) is 0 Å². The Kier molecular flexibility index (Phi) is 3.03. The van der Waals surface area contributed by atoms with Gasteiger partial charge in [-0.25, -0.2) is 0 Å². The lowest BCUT2D eigenvalue weighted by Gasteiger charge is -2.40.